The first kappa shape index (κ1) is 17.2. The molecule has 0 saturated heterocycles. The van der Waals surface area contributed by atoms with Crippen LogP contribution in [-0.4, -0.2) is 18.4 Å². The molecule has 0 spiro atoms. The minimum absolute atomic E-state index is 0.132. The van der Waals surface area contributed by atoms with Crippen molar-refractivity contribution in [2.45, 2.75) is 0 Å². The standard InChI is InChI=1S/C16H12ClFN4O2/c17-13-5-11(2-1-9(13)7-19)22-15(23)8-21-10-3-4-12(16(20)24)14(18)6-10/h1-6,21H,8H2,(H2,20,24)(H,22,23). The van der Waals surface area contributed by atoms with Crippen molar-refractivity contribution in [1.29, 1.82) is 5.26 Å². The maximum absolute atomic E-state index is 13.6. The minimum Gasteiger partial charge on any atom is -0.376 e. The largest absolute Gasteiger partial charge is 0.376 e. The van der Waals surface area contributed by atoms with Crippen LogP contribution in [0.15, 0.2) is 36.4 Å². The molecule has 2 aromatic carbocycles. The highest BCUT2D eigenvalue weighted by molar-refractivity contribution is 6.32. The normalized spacial score (nSPS) is 9.88. The molecule has 0 bridgehead atoms. The first-order valence-corrected chi connectivity index (χ1v) is 7.11. The van der Waals surface area contributed by atoms with Gasteiger partial charge in [0, 0.05) is 11.4 Å². The number of nitrogens with one attached hydrogen (secondary N) is 2. The Morgan fingerprint density at radius 2 is 1.92 bits per heavy atom. The number of hydrogen-bond donors (Lipinski definition) is 3. The lowest BCUT2D eigenvalue weighted by Crippen LogP contribution is -2.22. The predicted octanol–water partition coefficient (Wildman–Crippen LogP) is 2.50. The topological polar surface area (TPSA) is 108 Å². The lowest BCUT2D eigenvalue weighted by Gasteiger charge is -2.09. The van der Waals surface area contributed by atoms with Gasteiger partial charge < -0.3 is 16.4 Å². The van der Waals surface area contributed by atoms with Crippen molar-refractivity contribution in [2.75, 3.05) is 17.2 Å². The number of benzene rings is 2. The van der Waals surface area contributed by atoms with Crippen molar-refractivity contribution in [2.24, 2.45) is 5.73 Å². The average molecular weight is 347 g/mol. The molecule has 0 atom stereocenters. The second kappa shape index (κ2) is 7.44. The zero-order valence-electron chi connectivity index (χ0n) is 12.3. The van der Waals surface area contributed by atoms with E-state index in [9.17, 15) is 14.0 Å². The number of nitrogens with two attached hydrogens (primary N) is 1. The molecule has 0 unspecified atom stereocenters. The first-order chi connectivity index (χ1) is 11.4. The van der Waals surface area contributed by atoms with Gasteiger partial charge in [-0.05, 0) is 36.4 Å². The van der Waals surface area contributed by atoms with Gasteiger partial charge in [-0.1, -0.05) is 11.6 Å². The minimum atomic E-state index is -0.866. The molecule has 0 fully saturated rings. The Hall–Kier alpha value is -3.11. The van der Waals surface area contributed by atoms with E-state index < -0.39 is 17.6 Å². The number of carbonyl (C=O) groups excluding carboxylic acids is 2. The number of nitriles is 1. The van der Waals surface area contributed by atoms with E-state index in [1.807, 2.05) is 6.07 Å². The fourth-order valence-electron chi connectivity index (χ4n) is 1.90. The SMILES string of the molecule is N#Cc1ccc(NC(=O)CNc2ccc(C(N)=O)c(F)c2)cc1Cl. The summed E-state index contributed by atoms with van der Waals surface area (Å²) in [6.07, 6.45) is 0. The van der Waals surface area contributed by atoms with Crippen molar-refractivity contribution in [3.05, 3.63) is 58.4 Å². The van der Waals surface area contributed by atoms with Crippen LogP contribution in [0.1, 0.15) is 15.9 Å². The van der Waals surface area contributed by atoms with Crippen LogP contribution >= 0.6 is 11.6 Å². The molecule has 2 rings (SSSR count). The monoisotopic (exact) mass is 346 g/mol. The molecule has 2 amide bonds. The van der Waals surface area contributed by atoms with Crippen LogP contribution in [0.25, 0.3) is 0 Å². The molecule has 24 heavy (non-hydrogen) atoms. The van der Waals surface area contributed by atoms with E-state index >= 15 is 0 Å². The van der Waals surface area contributed by atoms with Crippen molar-refractivity contribution < 1.29 is 14.0 Å². The van der Waals surface area contributed by atoms with Crippen molar-refractivity contribution in [3.63, 3.8) is 0 Å². The molecular formula is C16H12ClFN4O2. The highest BCUT2D eigenvalue weighted by Crippen LogP contribution is 2.20. The summed E-state index contributed by atoms with van der Waals surface area (Å²) in [5.74, 6) is -2.03. The summed E-state index contributed by atoms with van der Waals surface area (Å²) in [4.78, 5) is 22.8. The molecule has 0 aromatic heterocycles. The number of halogens is 2. The van der Waals surface area contributed by atoms with E-state index in [0.717, 1.165) is 6.07 Å². The predicted molar refractivity (Wildman–Crippen MR) is 88.2 cm³/mol. The molecule has 8 heteroatoms. The van der Waals surface area contributed by atoms with E-state index in [1.165, 1.54) is 24.3 Å². The highest BCUT2D eigenvalue weighted by atomic mass is 35.5. The summed E-state index contributed by atoms with van der Waals surface area (Å²) in [5, 5.41) is 14.3. The Morgan fingerprint density at radius 3 is 2.50 bits per heavy atom. The van der Waals surface area contributed by atoms with Crippen molar-refractivity contribution in [3.8, 4) is 6.07 Å². The second-order valence-corrected chi connectivity index (χ2v) is 5.17. The van der Waals surface area contributed by atoms with Crippen LogP contribution < -0.4 is 16.4 Å². The molecule has 0 aliphatic rings. The van der Waals surface area contributed by atoms with E-state index in [0.29, 0.717) is 16.9 Å². The van der Waals surface area contributed by atoms with Gasteiger partial charge in [0.1, 0.15) is 11.9 Å². The van der Waals surface area contributed by atoms with Crippen molar-refractivity contribution in [1.82, 2.24) is 0 Å². The van der Waals surface area contributed by atoms with Crippen LogP contribution in [-0.2, 0) is 4.79 Å². The van der Waals surface area contributed by atoms with Crippen molar-refractivity contribution >= 4 is 34.8 Å². The summed E-state index contributed by atoms with van der Waals surface area (Å²) in [7, 11) is 0. The zero-order valence-corrected chi connectivity index (χ0v) is 13.0. The molecule has 6 nitrogen and oxygen atoms in total. The van der Waals surface area contributed by atoms with Crippen LogP contribution in [0.4, 0.5) is 15.8 Å². The van der Waals surface area contributed by atoms with Crippen LogP contribution in [0.5, 0.6) is 0 Å². The number of primary amides is 1. The number of amides is 2. The van der Waals surface area contributed by atoms with Crippen LogP contribution in [0, 0.1) is 17.1 Å². The molecule has 0 aliphatic heterocycles. The fraction of sp³-hybridized carbons (Fsp3) is 0.0625. The average Bonchev–Trinajstić information content (AvgIpc) is 2.53. The van der Waals surface area contributed by atoms with Crippen LogP contribution in [0.2, 0.25) is 5.02 Å². The van der Waals surface area contributed by atoms with Gasteiger partial charge in [0.2, 0.25) is 5.91 Å². The summed E-state index contributed by atoms with van der Waals surface area (Å²) < 4.78 is 13.6. The van der Waals surface area contributed by atoms with E-state index in [2.05, 4.69) is 10.6 Å². The smallest absolute Gasteiger partial charge is 0.251 e. The van der Waals surface area contributed by atoms with Gasteiger partial charge in [-0.25, -0.2) is 4.39 Å². The first-order valence-electron chi connectivity index (χ1n) is 6.73. The number of hydrogen-bond acceptors (Lipinski definition) is 4. The van der Waals surface area contributed by atoms with Gasteiger partial charge in [0.05, 0.1) is 22.7 Å². The van der Waals surface area contributed by atoms with Crippen LogP contribution in [0.3, 0.4) is 0 Å². The molecule has 122 valence electrons. The van der Waals surface area contributed by atoms with E-state index in [-0.39, 0.29) is 17.1 Å². The van der Waals surface area contributed by atoms with Gasteiger partial charge >= 0.3 is 0 Å². The Labute approximate surface area is 142 Å². The molecule has 0 saturated carbocycles. The number of carbonyl (C=O) groups is 2. The summed E-state index contributed by atoms with van der Waals surface area (Å²) in [5.41, 5.74) is 5.85. The Morgan fingerprint density at radius 1 is 1.21 bits per heavy atom. The number of nitrogens with zero attached hydrogens (tertiary/aromatic N) is 1. The summed E-state index contributed by atoms with van der Waals surface area (Å²) >= 11 is 5.87. The highest BCUT2D eigenvalue weighted by Gasteiger charge is 2.10. The van der Waals surface area contributed by atoms with Gasteiger partial charge in [-0.2, -0.15) is 5.26 Å². The zero-order chi connectivity index (χ0) is 17.7. The lowest BCUT2D eigenvalue weighted by atomic mass is 10.2. The Bertz CT molecular complexity index is 848. The third-order valence-corrected chi connectivity index (χ3v) is 3.37. The molecule has 0 radical (unpaired) electrons. The summed E-state index contributed by atoms with van der Waals surface area (Å²) in [6, 6.07) is 10.2. The Kier molecular flexibility index (Phi) is 5.35. The third kappa shape index (κ3) is 4.21. The van der Waals surface area contributed by atoms with E-state index in [1.54, 1.807) is 6.07 Å². The van der Waals surface area contributed by atoms with Gasteiger partial charge in [-0.3, -0.25) is 9.59 Å². The molecule has 0 heterocycles. The fourth-order valence-corrected chi connectivity index (χ4v) is 2.12. The van der Waals surface area contributed by atoms with Gasteiger partial charge in [-0.15, -0.1) is 0 Å². The third-order valence-electron chi connectivity index (χ3n) is 3.06. The quantitative estimate of drug-likeness (QED) is 0.772. The molecular weight excluding hydrogens is 335 g/mol. The number of anilines is 2. The number of rotatable bonds is 5. The molecule has 0 aliphatic carbocycles. The Balaban J connectivity index is 1.96. The summed E-state index contributed by atoms with van der Waals surface area (Å²) in [6.45, 7) is -0.132. The van der Waals surface area contributed by atoms with Gasteiger partial charge in [0.25, 0.3) is 5.91 Å². The molecule has 4 N–H and O–H groups in total. The molecule has 2 aromatic rings. The maximum Gasteiger partial charge on any atom is 0.251 e. The van der Waals surface area contributed by atoms with Gasteiger partial charge in [0.15, 0.2) is 0 Å². The maximum atomic E-state index is 13.6. The van der Waals surface area contributed by atoms with E-state index in [4.69, 9.17) is 22.6 Å². The second-order valence-electron chi connectivity index (χ2n) is 4.77. The lowest BCUT2D eigenvalue weighted by molar-refractivity contribution is -0.114.